The van der Waals surface area contributed by atoms with Gasteiger partial charge in [0.25, 0.3) is 0 Å². The van der Waals surface area contributed by atoms with Gasteiger partial charge < -0.3 is 9.84 Å². The van der Waals surface area contributed by atoms with Crippen molar-refractivity contribution in [2.75, 3.05) is 6.61 Å². The topological polar surface area (TPSA) is 46.5 Å². The standard InChI is InChI=1S/C13H17ClO3/c1-3-9(2)8-17-12-5-4-10(6-11(12)14)7-13(15)16/h4-6,9H,3,7-8H2,1-2H3,(H,15,16). The Morgan fingerprint density at radius 2 is 2.24 bits per heavy atom. The van der Waals surface area contributed by atoms with Gasteiger partial charge in [-0.25, -0.2) is 0 Å². The van der Waals surface area contributed by atoms with Gasteiger partial charge in [0.15, 0.2) is 0 Å². The Bertz CT molecular complexity index is 390. The lowest BCUT2D eigenvalue weighted by atomic mass is 10.1. The molecule has 0 heterocycles. The minimum Gasteiger partial charge on any atom is -0.492 e. The monoisotopic (exact) mass is 256 g/mol. The number of benzene rings is 1. The first kappa shape index (κ1) is 13.8. The summed E-state index contributed by atoms with van der Waals surface area (Å²) in [5.41, 5.74) is 0.679. The molecule has 0 saturated carbocycles. The van der Waals surface area contributed by atoms with Gasteiger partial charge in [-0.1, -0.05) is 37.9 Å². The smallest absolute Gasteiger partial charge is 0.307 e. The summed E-state index contributed by atoms with van der Waals surface area (Å²) in [5, 5.41) is 9.13. The van der Waals surface area contributed by atoms with Crippen molar-refractivity contribution in [1.82, 2.24) is 0 Å². The van der Waals surface area contributed by atoms with Gasteiger partial charge in [0.05, 0.1) is 18.1 Å². The fourth-order valence-corrected chi connectivity index (χ4v) is 1.55. The average molecular weight is 257 g/mol. The molecule has 0 bridgehead atoms. The number of halogens is 1. The van der Waals surface area contributed by atoms with Crippen molar-refractivity contribution in [2.24, 2.45) is 5.92 Å². The molecule has 1 rings (SSSR count). The normalized spacial score (nSPS) is 12.2. The van der Waals surface area contributed by atoms with Crippen LogP contribution in [0.25, 0.3) is 0 Å². The number of carboxylic acids is 1. The molecular weight excluding hydrogens is 240 g/mol. The molecule has 0 aliphatic rings. The first-order chi connectivity index (χ1) is 8.02. The van der Waals surface area contributed by atoms with E-state index in [1.54, 1.807) is 18.2 Å². The second-order valence-electron chi connectivity index (χ2n) is 4.16. The van der Waals surface area contributed by atoms with Crippen molar-refractivity contribution in [1.29, 1.82) is 0 Å². The molecule has 4 heteroatoms. The van der Waals surface area contributed by atoms with Crippen LogP contribution in [-0.4, -0.2) is 17.7 Å². The zero-order chi connectivity index (χ0) is 12.8. The highest BCUT2D eigenvalue weighted by Crippen LogP contribution is 2.26. The Morgan fingerprint density at radius 3 is 2.76 bits per heavy atom. The van der Waals surface area contributed by atoms with Crippen molar-refractivity contribution in [3.05, 3.63) is 28.8 Å². The highest BCUT2D eigenvalue weighted by atomic mass is 35.5. The molecule has 0 fully saturated rings. The number of hydrogen-bond acceptors (Lipinski definition) is 2. The first-order valence-electron chi connectivity index (χ1n) is 5.66. The predicted molar refractivity (Wildman–Crippen MR) is 67.7 cm³/mol. The number of aliphatic carboxylic acids is 1. The molecule has 0 radical (unpaired) electrons. The third-order valence-electron chi connectivity index (χ3n) is 2.57. The van der Waals surface area contributed by atoms with E-state index in [0.29, 0.717) is 28.9 Å². The van der Waals surface area contributed by atoms with Crippen LogP contribution in [0.4, 0.5) is 0 Å². The molecule has 0 spiro atoms. The van der Waals surface area contributed by atoms with Crippen LogP contribution in [0.15, 0.2) is 18.2 Å². The van der Waals surface area contributed by atoms with Gasteiger partial charge in [0.2, 0.25) is 0 Å². The van der Waals surface area contributed by atoms with E-state index in [1.165, 1.54) is 0 Å². The van der Waals surface area contributed by atoms with Crippen molar-refractivity contribution in [2.45, 2.75) is 26.7 Å². The molecule has 0 amide bonds. The van der Waals surface area contributed by atoms with Crippen molar-refractivity contribution in [3.8, 4) is 5.75 Å². The van der Waals surface area contributed by atoms with Crippen LogP contribution in [0.3, 0.4) is 0 Å². The van der Waals surface area contributed by atoms with E-state index in [4.69, 9.17) is 21.4 Å². The number of carboxylic acid groups (broad SMARTS) is 1. The van der Waals surface area contributed by atoms with Crippen molar-refractivity contribution < 1.29 is 14.6 Å². The summed E-state index contributed by atoms with van der Waals surface area (Å²) in [4.78, 5) is 10.5. The highest BCUT2D eigenvalue weighted by Gasteiger charge is 2.07. The summed E-state index contributed by atoms with van der Waals surface area (Å²) in [5.74, 6) is 0.222. The fraction of sp³-hybridized carbons (Fsp3) is 0.462. The van der Waals surface area contributed by atoms with Crippen LogP contribution >= 0.6 is 11.6 Å². The van der Waals surface area contributed by atoms with E-state index in [2.05, 4.69) is 13.8 Å². The van der Waals surface area contributed by atoms with E-state index in [1.807, 2.05) is 0 Å². The van der Waals surface area contributed by atoms with Gasteiger partial charge in [-0.15, -0.1) is 0 Å². The third-order valence-corrected chi connectivity index (χ3v) is 2.87. The largest absolute Gasteiger partial charge is 0.492 e. The molecule has 94 valence electrons. The maximum absolute atomic E-state index is 10.5. The molecule has 1 aromatic carbocycles. The van der Waals surface area contributed by atoms with E-state index >= 15 is 0 Å². The van der Waals surface area contributed by atoms with Crippen molar-refractivity contribution in [3.63, 3.8) is 0 Å². The zero-order valence-corrected chi connectivity index (χ0v) is 10.8. The van der Waals surface area contributed by atoms with Gasteiger partial charge >= 0.3 is 5.97 Å². The van der Waals surface area contributed by atoms with Crippen LogP contribution in [0.2, 0.25) is 5.02 Å². The fourth-order valence-electron chi connectivity index (χ4n) is 1.30. The van der Waals surface area contributed by atoms with Gasteiger partial charge in [-0.2, -0.15) is 0 Å². The molecule has 1 atom stereocenters. The van der Waals surface area contributed by atoms with E-state index < -0.39 is 5.97 Å². The number of ether oxygens (including phenoxy) is 1. The first-order valence-corrected chi connectivity index (χ1v) is 6.03. The second-order valence-corrected chi connectivity index (χ2v) is 4.57. The van der Waals surface area contributed by atoms with Gasteiger partial charge in [0.1, 0.15) is 5.75 Å². The summed E-state index contributed by atoms with van der Waals surface area (Å²) in [6.07, 6.45) is 1.03. The molecule has 1 aromatic rings. The van der Waals surface area contributed by atoms with E-state index in [0.717, 1.165) is 6.42 Å². The maximum atomic E-state index is 10.5. The minimum atomic E-state index is -0.866. The summed E-state index contributed by atoms with van der Waals surface area (Å²) in [7, 11) is 0. The Hall–Kier alpha value is -1.22. The molecule has 0 saturated heterocycles. The number of rotatable bonds is 6. The maximum Gasteiger partial charge on any atom is 0.307 e. The van der Waals surface area contributed by atoms with Crippen molar-refractivity contribution >= 4 is 17.6 Å². The Labute approximate surface area is 106 Å². The highest BCUT2D eigenvalue weighted by molar-refractivity contribution is 6.32. The van der Waals surface area contributed by atoms with Crippen LogP contribution in [0, 0.1) is 5.92 Å². The lowest BCUT2D eigenvalue weighted by Gasteiger charge is -2.12. The summed E-state index contributed by atoms with van der Waals surface area (Å²) in [6.45, 7) is 4.83. The zero-order valence-electron chi connectivity index (χ0n) is 10.1. The molecule has 1 unspecified atom stereocenters. The molecule has 0 aliphatic heterocycles. The van der Waals surface area contributed by atoms with Gasteiger partial charge in [-0.3, -0.25) is 4.79 Å². The lowest BCUT2D eigenvalue weighted by molar-refractivity contribution is -0.136. The quantitative estimate of drug-likeness (QED) is 0.849. The Kier molecular flexibility index (Phi) is 5.29. The molecule has 1 N–H and O–H groups in total. The predicted octanol–water partition coefficient (Wildman–Crippen LogP) is 3.39. The van der Waals surface area contributed by atoms with Crippen LogP contribution in [0.1, 0.15) is 25.8 Å². The minimum absolute atomic E-state index is 0.0225. The van der Waals surface area contributed by atoms with Gasteiger partial charge in [-0.05, 0) is 23.6 Å². The van der Waals surface area contributed by atoms with Crippen LogP contribution in [0.5, 0.6) is 5.75 Å². The summed E-state index contributed by atoms with van der Waals surface area (Å²) >= 11 is 6.02. The number of carbonyl (C=O) groups is 1. The lowest BCUT2D eigenvalue weighted by Crippen LogP contribution is -2.07. The summed E-state index contributed by atoms with van der Waals surface area (Å²) in [6, 6.07) is 5.09. The number of hydrogen-bond donors (Lipinski definition) is 1. The third kappa shape index (κ3) is 4.65. The molecule has 17 heavy (non-hydrogen) atoms. The molecule has 3 nitrogen and oxygen atoms in total. The second kappa shape index (κ2) is 6.50. The van der Waals surface area contributed by atoms with Crippen LogP contribution < -0.4 is 4.74 Å². The average Bonchev–Trinajstić information content (AvgIpc) is 2.26. The van der Waals surface area contributed by atoms with Crippen LogP contribution in [-0.2, 0) is 11.2 Å². The SMILES string of the molecule is CCC(C)COc1ccc(CC(=O)O)cc1Cl. The Balaban J connectivity index is 2.66. The molecule has 0 aromatic heterocycles. The molecule has 0 aliphatic carbocycles. The summed E-state index contributed by atoms with van der Waals surface area (Å²) < 4.78 is 5.57. The van der Waals surface area contributed by atoms with E-state index in [9.17, 15) is 4.79 Å². The Morgan fingerprint density at radius 1 is 1.53 bits per heavy atom. The van der Waals surface area contributed by atoms with E-state index in [-0.39, 0.29) is 6.42 Å². The van der Waals surface area contributed by atoms with Gasteiger partial charge in [0, 0.05) is 0 Å². The molecular formula is C13H17ClO3.